The lowest BCUT2D eigenvalue weighted by Gasteiger charge is -2.28. The van der Waals surface area contributed by atoms with Crippen molar-refractivity contribution in [2.24, 2.45) is 0 Å². The van der Waals surface area contributed by atoms with Crippen molar-refractivity contribution < 1.29 is 14.3 Å². The Hall–Kier alpha value is -2.11. The lowest BCUT2D eigenvalue weighted by molar-refractivity contribution is 0.198. The summed E-state index contributed by atoms with van der Waals surface area (Å²) < 4.78 is 13.8. The Labute approximate surface area is 151 Å². The first-order valence-corrected chi connectivity index (χ1v) is 8.59. The van der Waals surface area contributed by atoms with Gasteiger partial charge in [0.25, 0.3) is 0 Å². The Bertz CT molecular complexity index is 764. The first-order valence-electron chi connectivity index (χ1n) is 8.22. The number of hydrogen-bond donors (Lipinski definition) is 1. The molecule has 0 radical (unpaired) electrons. The Morgan fingerprint density at radius 1 is 1.36 bits per heavy atom. The Kier molecular flexibility index (Phi) is 5.25. The Balaban J connectivity index is 2.01. The number of para-hydroxylation sites is 1. The molecule has 25 heavy (non-hydrogen) atoms. The van der Waals surface area contributed by atoms with Gasteiger partial charge in [0.15, 0.2) is 0 Å². The van der Waals surface area contributed by atoms with Gasteiger partial charge in [-0.15, -0.1) is 0 Å². The molecular weight excluding hydrogens is 343 g/mol. The third-order valence-electron chi connectivity index (χ3n) is 4.66. The van der Waals surface area contributed by atoms with Crippen LogP contribution in [0.2, 0.25) is 5.02 Å². The fourth-order valence-electron chi connectivity index (χ4n) is 3.36. The molecule has 1 unspecified atom stereocenters. The summed E-state index contributed by atoms with van der Waals surface area (Å²) >= 11 is 5.97. The number of halogens is 2. The standard InChI is InChI=1S/C19H20ClFN2O2/c1-22-8-4-5-16(22)12-23(19(24)25)18-7-3-2-6-17(18)13-9-14(20)11-15(21)10-13/h2-3,6-7,9-11,16H,4-5,8,12H2,1H3,(H,24,25). The molecule has 6 heteroatoms. The van der Waals surface area contributed by atoms with Crippen LogP contribution < -0.4 is 4.90 Å². The summed E-state index contributed by atoms with van der Waals surface area (Å²) in [5, 5.41) is 10.0. The highest BCUT2D eigenvalue weighted by atomic mass is 35.5. The van der Waals surface area contributed by atoms with E-state index in [1.165, 1.54) is 17.0 Å². The predicted molar refractivity (Wildman–Crippen MR) is 97.9 cm³/mol. The lowest BCUT2D eigenvalue weighted by Crippen LogP contribution is -2.41. The van der Waals surface area contributed by atoms with Crippen molar-refractivity contribution in [1.29, 1.82) is 0 Å². The van der Waals surface area contributed by atoms with Gasteiger partial charge < -0.3 is 10.0 Å². The molecule has 1 aliphatic heterocycles. The van der Waals surface area contributed by atoms with Crippen molar-refractivity contribution in [1.82, 2.24) is 4.90 Å². The molecule has 1 N–H and O–H groups in total. The van der Waals surface area contributed by atoms with Crippen LogP contribution in [0.15, 0.2) is 42.5 Å². The number of likely N-dealkylation sites (tertiary alicyclic amines) is 1. The highest BCUT2D eigenvalue weighted by Crippen LogP contribution is 2.33. The molecule has 132 valence electrons. The highest BCUT2D eigenvalue weighted by Gasteiger charge is 2.27. The number of rotatable bonds is 4. The number of carboxylic acid groups (broad SMARTS) is 1. The van der Waals surface area contributed by atoms with Crippen LogP contribution in [0.1, 0.15) is 12.8 Å². The second-order valence-corrected chi connectivity index (χ2v) is 6.78. The molecule has 0 saturated carbocycles. The van der Waals surface area contributed by atoms with Crippen LogP contribution in [0.25, 0.3) is 11.1 Å². The van der Waals surface area contributed by atoms with Crippen molar-refractivity contribution in [3.63, 3.8) is 0 Å². The van der Waals surface area contributed by atoms with E-state index in [-0.39, 0.29) is 11.1 Å². The van der Waals surface area contributed by atoms with E-state index in [1.54, 1.807) is 30.3 Å². The quantitative estimate of drug-likeness (QED) is 0.855. The second kappa shape index (κ2) is 7.42. The fraction of sp³-hybridized carbons (Fsp3) is 0.316. The summed E-state index contributed by atoms with van der Waals surface area (Å²) in [6, 6.07) is 11.5. The average Bonchev–Trinajstić information content (AvgIpc) is 2.96. The van der Waals surface area contributed by atoms with Gasteiger partial charge in [0.1, 0.15) is 5.82 Å². The topological polar surface area (TPSA) is 43.8 Å². The van der Waals surface area contributed by atoms with E-state index < -0.39 is 11.9 Å². The Morgan fingerprint density at radius 2 is 2.12 bits per heavy atom. The zero-order chi connectivity index (χ0) is 18.0. The summed E-state index contributed by atoms with van der Waals surface area (Å²) in [5.41, 5.74) is 1.75. The molecule has 1 saturated heterocycles. The maximum absolute atomic E-state index is 13.8. The molecular formula is C19H20ClFN2O2. The average molecular weight is 363 g/mol. The van der Waals surface area contributed by atoms with Crippen LogP contribution in [0.4, 0.5) is 14.9 Å². The molecule has 1 amide bonds. The van der Waals surface area contributed by atoms with Crippen LogP contribution in [0, 0.1) is 5.82 Å². The van der Waals surface area contributed by atoms with Crippen LogP contribution in [-0.2, 0) is 0 Å². The van der Waals surface area contributed by atoms with Gasteiger partial charge in [-0.3, -0.25) is 4.90 Å². The van der Waals surface area contributed by atoms with Crippen LogP contribution in [0.5, 0.6) is 0 Å². The Morgan fingerprint density at radius 3 is 2.76 bits per heavy atom. The molecule has 4 nitrogen and oxygen atoms in total. The number of hydrogen-bond acceptors (Lipinski definition) is 2. The van der Waals surface area contributed by atoms with E-state index in [4.69, 9.17) is 11.6 Å². The molecule has 1 aliphatic rings. The first-order chi connectivity index (χ1) is 12.0. The molecule has 1 heterocycles. The van der Waals surface area contributed by atoms with Crippen LogP contribution >= 0.6 is 11.6 Å². The van der Waals surface area contributed by atoms with Gasteiger partial charge in [-0.2, -0.15) is 0 Å². The van der Waals surface area contributed by atoms with Gasteiger partial charge >= 0.3 is 6.09 Å². The third kappa shape index (κ3) is 3.94. The van der Waals surface area contributed by atoms with Gasteiger partial charge in [0.05, 0.1) is 5.69 Å². The van der Waals surface area contributed by atoms with Crippen molar-refractivity contribution in [3.05, 3.63) is 53.3 Å². The molecule has 1 atom stereocenters. The zero-order valence-electron chi connectivity index (χ0n) is 14.0. The number of nitrogens with zero attached hydrogens (tertiary/aromatic N) is 2. The minimum absolute atomic E-state index is 0.181. The van der Waals surface area contributed by atoms with E-state index in [2.05, 4.69) is 4.90 Å². The molecule has 0 bridgehead atoms. The summed E-state index contributed by atoms with van der Waals surface area (Å²) in [7, 11) is 2.01. The van der Waals surface area contributed by atoms with E-state index >= 15 is 0 Å². The number of amides is 1. The summed E-state index contributed by atoms with van der Waals surface area (Å²) in [5.74, 6) is -0.449. The zero-order valence-corrected chi connectivity index (χ0v) is 14.7. The summed E-state index contributed by atoms with van der Waals surface area (Å²) in [6.45, 7) is 1.35. The SMILES string of the molecule is CN1CCCC1CN(C(=O)O)c1ccccc1-c1cc(F)cc(Cl)c1. The largest absolute Gasteiger partial charge is 0.465 e. The van der Waals surface area contributed by atoms with Gasteiger partial charge in [-0.05, 0) is 56.3 Å². The molecule has 0 aliphatic carbocycles. The van der Waals surface area contributed by atoms with Crippen molar-refractivity contribution >= 4 is 23.4 Å². The number of carbonyl (C=O) groups is 1. The predicted octanol–water partition coefficient (Wildman–Crippen LogP) is 4.72. The minimum atomic E-state index is -1.02. The van der Waals surface area contributed by atoms with Gasteiger partial charge in [0, 0.05) is 23.2 Å². The van der Waals surface area contributed by atoms with Crippen molar-refractivity contribution in [3.8, 4) is 11.1 Å². The van der Waals surface area contributed by atoms with Gasteiger partial charge in [-0.25, -0.2) is 9.18 Å². The lowest BCUT2D eigenvalue weighted by atomic mass is 10.0. The first kappa shape index (κ1) is 17.7. The normalized spacial score (nSPS) is 17.6. The number of likely N-dealkylation sites (N-methyl/N-ethyl adjacent to an activating group) is 1. The van der Waals surface area contributed by atoms with E-state index in [1.807, 2.05) is 7.05 Å². The molecule has 0 spiro atoms. The second-order valence-electron chi connectivity index (χ2n) is 6.35. The van der Waals surface area contributed by atoms with Crippen molar-refractivity contribution in [2.75, 3.05) is 25.0 Å². The molecule has 1 fully saturated rings. The van der Waals surface area contributed by atoms with Crippen LogP contribution in [0.3, 0.4) is 0 Å². The molecule has 0 aromatic heterocycles. The van der Waals surface area contributed by atoms with E-state index in [0.717, 1.165) is 19.4 Å². The summed E-state index contributed by atoms with van der Waals surface area (Å²) in [4.78, 5) is 15.4. The monoisotopic (exact) mass is 362 g/mol. The number of anilines is 1. The highest BCUT2D eigenvalue weighted by molar-refractivity contribution is 6.30. The third-order valence-corrected chi connectivity index (χ3v) is 4.88. The fourth-order valence-corrected chi connectivity index (χ4v) is 3.58. The smallest absolute Gasteiger partial charge is 0.411 e. The van der Waals surface area contributed by atoms with Gasteiger partial charge in [0.2, 0.25) is 0 Å². The molecule has 2 aromatic carbocycles. The molecule has 2 aromatic rings. The van der Waals surface area contributed by atoms with E-state index in [9.17, 15) is 14.3 Å². The summed E-state index contributed by atoms with van der Waals surface area (Å²) in [6.07, 6.45) is 1.01. The number of benzene rings is 2. The maximum atomic E-state index is 13.8. The minimum Gasteiger partial charge on any atom is -0.465 e. The van der Waals surface area contributed by atoms with Crippen molar-refractivity contribution in [2.45, 2.75) is 18.9 Å². The molecule has 3 rings (SSSR count). The van der Waals surface area contributed by atoms with Gasteiger partial charge in [-0.1, -0.05) is 29.8 Å². The maximum Gasteiger partial charge on any atom is 0.411 e. The van der Waals surface area contributed by atoms with E-state index in [0.29, 0.717) is 23.4 Å². The van der Waals surface area contributed by atoms with Crippen LogP contribution in [-0.4, -0.2) is 42.3 Å².